The molecule has 2 aromatic heterocycles. The Labute approximate surface area is 181 Å². The molecular formula is C22H27N7O2. The van der Waals surface area contributed by atoms with Crippen LogP contribution < -0.4 is 10.1 Å². The van der Waals surface area contributed by atoms with Crippen LogP contribution in [0.3, 0.4) is 0 Å². The van der Waals surface area contributed by atoms with Gasteiger partial charge < -0.3 is 24.4 Å². The minimum Gasteiger partial charge on any atom is -0.478 e. The second-order valence-electron chi connectivity index (χ2n) is 8.48. The number of nitrogens with one attached hydrogen (secondary N) is 1. The van der Waals surface area contributed by atoms with E-state index in [2.05, 4.69) is 39.7 Å². The molecule has 0 bridgehead atoms. The average molecular weight is 422 g/mol. The molecule has 0 aromatic carbocycles. The monoisotopic (exact) mass is 421 g/mol. The molecule has 9 nitrogen and oxygen atoms in total. The highest BCUT2D eigenvalue weighted by atomic mass is 16.5. The summed E-state index contributed by atoms with van der Waals surface area (Å²) in [6.07, 6.45) is 7.17. The number of hydrogen-bond donors (Lipinski definition) is 1. The van der Waals surface area contributed by atoms with E-state index in [-0.39, 0.29) is 5.91 Å². The van der Waals surface area contributed by atoms with Gasteiger partial charge in [0.25, 0.3) is 5.88 Å². The predicted molar refractivity (Wildman–Crippen MR) is 118 cm³/mol. The standard InChI is InChI=1S/C22H27N7O2/c1-6-19(30)29-8-15-14(16(15)9-29)7-28-11-17(20-21(13(28)2)26(3)12-23-20)24-18-10-27(4)25-22(18)31-5/h6,10-12,14-16,24H,1-2,7-9H2,3-5H3. The van der Waals surface area contributed by atoms with Crippen molar-refractivity contribution in [1.82, 2.24) is 29.1 Å². The second-order valence-corrected chi connectivity index (χ2v) is 8.48. The van der Waals surface area contributed by atoms with Gasteiger partial charge in [-0.1, -0.05) is 13.2 Å². The number of imidazole rings is 1. The Morgan fingerprint density at radius 2 is 2.10 bits per heavy atom. The number of likely N-dealkylation sites (tertiary alicyclic amines) is 1. The lowest BCUT2D eigenvalue weighted by Gasteiger charge is -2.30. The molecule has 2 aromatic rings. The maximum absolute atomic E-state index is 11.9. The van der Waals surface area contributed by atoms with Crippen LogP contribution in [-0.4, -0.2) is 61.8 Å². The van der Waals surface area contributed by atoms with Crippen molar-refractivity contribution in [3.8, 4) is 5.88 Å². The van der Waals surface area contributed by atoms with Crippen LogP contribution in [0.5, 0.6) is 5.88 Å². The molecule has 0 spiro atoms. The van der Waals surface area contributed by atoms with E-state index in [0.717, 1.165) is 48.1 Å². The van der Waals surface area contributed by atoms with E-state index in [4.69, 9.17) is 4.74 Å². The summed E-state index contributed by atoms with van der Waals surface area (Å²) in [6, 6.07) is 0. The van der Waals surface area contributed by atoms with E-state index >= 15 is 0 Å². The van der Waals surface area contributed by atoms with Gasteiger partial charge in [0.05, 0.1) is 36.7 Å². The highest BCUT2D eigenvalue weighted by Crippen LogP contribution is 2.53. The lowest BCUT2D eigenvalue weighted by atomic mass is 10.1. The Morgan fingerprint density at radius 1 is 1.35 bits per heavy atom. The largest absolute Gasteiger partial charge is 0.478 e. The number of ether oxygens (including phenoxy) is 1. The van der Waals surface area contributed by atoms with Crippen LogP contribution in [-0.2, 0) is 18.9 Å². The fraction of sp³-hybridized carbons (Fsp3) is 0.409. The summed E-state index contributed by atoms with van der Waals surface area (Å²) in [5.74, 6) is 2.21. The van der Waals surface area contributed by atoms with Gasteiger partial charge in [0.2, 0.25) is 5.91 Å². The summed E-state index contributed by atoms with van der Waals surface area (Å²) in [5.41, 5.74) is 4.43. The van der Waals surface area contributed by atoms with Crippen molar-refractivity contribution < 1.29 is 9.53 Å². The van der Waals surface area contributed by atoms with E-state index < -0.39 is 0 Å². The van der Waals surface area contributed by atoms with Gasteiger partial charge in [-0.05, 0) is 23.8 Å². The van der Waals surface area contributed by atoms with Gasteiger partial charge in [-0.15, -0.1) is 5.10 Å². The quantitative estimate of drug-likeness (QED) is 0.716. The summed E-state index contributed by atoms with van der Waals surface area (Å²) < 4.78 is 9.10. The Bertz CT molecular complexity index is 1100. The molecular weight excluding hydrogens is 394 g/mol. The number of methoxy groups -OCH3 is 1. The molecule has 3 aliphatic rings. The Hall–Kier alpha value is -3.49. The molecule has 2 atom stereocenters. The Kier molecular flexibility index (Phi) is 4.42. The zero-order valence-corrected chi connectivity index (χ0v) is 18.1. The number of hydrogen-bond acceptors (Lipinski definition) is 6. The number of carbonyl (C=O) groups is 1. The number of aromatic nitrogens is 4. The molecule has 9 heteroatoms. The third-order valence-electron chi connectivity index (χ3n) is 6.62. The topological polar surface area (TPSA) is 80.5 Å². The van der Waals surface area contributed by atoms with Crippen molar-refractivity contribution in [2.75, 3.05) is 32.1 Å². The molecule has 162 valence electrons. The number of rotatable bonds is 6. The average Bonchev–Trinajstić information content (AvgIpc) is 3.16. The van der Waals surface area contributed by atoms with Gasteiger partial charge in [-0.2, -0.15) is 0 Å². The lowest BCUT2D eigenvalue weighted by molar-refractivity contribution is -0.125. The number of fused-ring (bicyclic) bond motifs is 2. The van der Waals surface area contributed by atoms with Crippen molar-refractivity contribution in [1.29, 1.82) is 0 Å². The van der Waals surface area contributed by atoms with Crippen LogP contribution in [0.2, 0.25) is 0 Å². The van der Waals surface area contributed by atoms with Crippen LogP contribution in [0.1, 0.15) is 11.4 Å². The van der Waals surface area contributed by atoms with Crippen molar-refractivity contribution in [2.45, 2.75) is 0 Å². The summed E-state index contributed by atoms with van der Waals surface area (Å²) >= 11 is 0. The zero-order chi connectivity index (χ0) is 21.9. The van der Waals surface area contributed by atoms with E-state index in [1.54, 1.807) is 18.1 Å². The summed E-state index contributed by atoms with van der Waals surface area (Å²) in [6.45, 7) is 10.5. The SMILES string of the molecule is C=CC(=O)N1CC2C(CN3C=C(Nc4cn(C)nc4OC)c4ncn(C)c4C3=C)C2C1. The van der Waals surface area contributed by atoms with E-state index in [0.29, 0.717) is 23.6 Å². The van der Waals surface area contributed by atoms with Crippen LogP contribution in [0, 0.1) is 17.8 Å². The van der Waals surface area contributed by atoms with Crippen molar-refractivity contribution >= 4 is 23.0 Å². The number of nitrogens with zero attached hydrogens (tertiary/aromatic N) is 6. The van der Waals surface area contributed by atoms with Crippen LogP contribution >= 0.6 is 0 Å². The summed E-state index contributed by atoms with van der Waals surface area (Å²) in [4.78, 5) is 20.6. The van der Waals surface area contributed by atoms with E-state index in [9.17, 15) is 4.79 Å². The van der Waals surface area contributed by atoms with Gasteiger partial charge >= 0.3 is 0 Å². The Balaban J connectivity index is 1.38. The fourth-order valence-electron chi connectivity index (χ4n) is 4.96. The maximum Gasteiger partial charge on any atom is 0.256 e. The number of piperidine rings is 1. The molecule has 31 heavy (non-hydrogen) atoms. The third-order valence-corrected chi connectivity index (χ3v) is 6.62. The maximum atomic E-state index is 11.9. The first kappa shape index (κ1) is 19.5. The first-order valence-corrected chi connectivity index (χ1v) is 10.4. The van der Waals surface area contributed by atoms with Crippen LogP contribution in [0.25, 0.3) is 11.4 Å². The fourth-order valence-corrected chi connectivity index (χ4v) is 4.96. The molecule has 0 radical (unpaired) electrons. The molecule has 2 aliphatic heterocycles. The summed E-state index contributed by atoms with van der Waals surface area (Å²) in [7, 11) is 5.44. The van der Waals surface area contributed by atoms with Crippen molar-refractivity contribution in [3.63, 3.8) is 0 Å². The highest BCUT2D eigenvalue weighted by Gasteiger charge is 2.56. The lowest BCUT2D eigenvalue weighted by Crippen LogP contribution is -2.32. The second kappa shape index (κ2) is 7.04. The Morgan fingerprint density at radius 3 is 2.77 bits per heavy atom. The molecule has 1 aliphatic carbocycles. The minimum absolute atomic E-state index is 0.0321. The van der Waals surface area contributed by atoms with Gasteiger partial charge in [-0.3, -0.25) is 9.48 Å². The molecule has 1 N–H and O–H groups in total. The zero-order valence-electron chi connectivity index (χ0n) is 18.1. The van der Waals surface area contributed by atoms with Gasteiger partial charge in [-0.25, -0.2) is 4.98 Å². The third kappa shape index (κ3) is 3.11. The first-order chi connectivity index (χ1) is 14.9. The molecule has 1 saturated heterocycles. The number of anilines is 1. The molecule has 1 amide bonds. The van der Waals surface area contributed by atoms with Gasteiger partial charge in [0.15, 0.2) is 0 Å². The molecule has 2 fully saturated rings. The molecule has 2 unspecified atom stereocenters. The molecule has 4 heterocycles. The van der Waals surface area contributed by atoms with Gasteiger partial charge in [0.1, 0.15) is 11.4 Å². The number of amides is 1. The number of carbonyl (C=O) groups excluding carboxylic acids is 1. The first-order valence-electron chi connectivity index (χ1n) is 10.4. The number of aryl methyl sites for hydroxylation is 2. The molecule has 1 saturated carbocycles. The summed E-state index contributed by atoms with van der Waals surface area (Å²) in [5, 5.41) is 7.77. The van der Waals surface area contributed by atoms with Crippen LogP contribution in [0.4, 0.5) is 5.69 Å². The van der Waals surface area contributed by atoms with E-state index in [1.165, 1.54) is 6.08 Å². The van der Waals surface area contributed by atoms with Crippen LogP contribution in [0.15, 0.2) is 38.0 Å². The predicted octanol–water partition coefficient (Wildman–Crippen LogP) is 1.75. The van der Waals surface area contributed by atoms with Crippen molar-refractivity contribution in [3.05, 3.63) is 49.3 Å². The van der Waals surface area contributed by atoms with Gasteiger partial charge in [0, 0.05) is 39.9 Å². The van der Waals surface area contributed by atoms with Crippen molar-refractivity contribution in [2.24, 2.45) is 31.8 Å². The smallest absolute Gasteiger partial charge is 0.256 e. The highest BCUT2D eigenvalue weighted by molar-refractivity contribution is 5.87. The van der Waals surface area contributed by atoms with E-state index in [1.807, 2.05) is 29.8 Å². The normalized spacial score (nSPS) is 23.9. The molecule has 5 rings (SSSR count). The minimum atomic E-state index is 0.0321.